The van der Waals surface area contributed by atoms with Crippen LogP contribution >= 0.6 is 0 Å². The van der Waals surface area contributed by atoms with Gasteiger partial charge in [0, 0.05) is 26.4 Å². The zero-order valence-corrected chi connectivity index (χ0v) is 14.3. The zero-order valence-electron chi connectivity index (χ0n) is 14.3. The molecule has 0 aliphatic carbocycles. The molecule has 124 valence electrons. The third-order valence-corrected chi connectivity index (χ3v) is 3.00. The number of carbonyl (C=O) groups is 1. The van der Waals surface area contributed by atoms with E-state index >= 15 is 0 Å². The summed E-state index contributed by atoms with van der Waals surface area (Å²) in [6.07, 6.45) is 9.37. The molecule has 0 aromatic carbocycles. The molecule has 6 nitrogen and oxygen atoms in total. The molecule has 0 saturated heterocycles. The number of aldehydes is 1. The van der Waals surface area contributed by atoms with Crippen LogP contribution in [-0.4, -0.2) is 37.7 Å². The zero-order chi connectivity index (χ0) is 17.2. The molecule has 1 N–H and O–H groups in total. The number of nitrogens with zero attached hydrogens (tertiary/aromatic N) is 3. The van der Waals surface area contributed by atoms with Crippen molar-refractivity contribution >= 4 is 18.2 Å². The van der Waals surface area contributed by atoms with Gasteiger partial charge in [0.05, 0.1) is 23.7 Å². The van der Waals surface area contributed by atoms with Gasteiger partial charge in [-0.2, -0.15) is 5.10 Å². The summed E-state index contributed by atoms with van der Waals surface area (Å²) in [6, 6.07) is 1.87. The highest BCUT2D eigenvalue weighted by molar-refractivity contribution is 6.01. The van der Waals surface area contributed by atoms with Crippen LogP contribution in [0.5, 0.6) is 5.88 Å². The number of anilines is 1. The average molecular weight is 316 g/mol. The highest BCUT2D eigenvalue weighted by Gasteiger charge is 2.08. The Morgan fingerprint density at radius 3 is 2.83 bits per heavy atom. The SMILES string of the molecule is C/C=C\C(C)Oc1cc(C)c(N(C)/N=C\C(C=O)=C\NC)cn1. The smallest absolute Gasteiger partial charge is 0.214 e. The quantitative estimate of drug-likeness (QED) is 0.262. The van der Waals surface area contributed by atoms with Crippen molar-refractivity contribution in [1.82, 2.24) is 10.3 Å². The number of ether oxygens (including phenoxy) is 1. The minimum atomic E-state index is -0.0321. The summed E-state index contributed by atoms with van der Waals surface area (Å²) in [4.78, 5) is 15.2. The number of allylic oxidation sites excluding steroid dienone is 2. The first-order valence-corrected chi connectivity index (χ1v) is 7.38. The van der Waals surface area contributed by atoms with E-state index < -0.39 is 0 Å². The molecule has 1 aromatic heterocycles. The van der Waals surface area contributed by atoms with Gasteiger partial charge in [0.15, 0.2) is 6.29 Å². The van der Waals surface area contributed by atoms with Crippen molar-refractivity contribution in [1.29, 1.82) is 0 Å². The Bertz CT molecular complexity index is 609. The van der Waals surface area contributed by atoms with Crippen molar-refractivity contribution < 1.29 is 9.53 Å². The topological polar surface area (TPSA) is 66.8 Å². The van der Waals surface area contributed by atoms with Gasteiger partial charge < -0.3 is 10.1 Å². The number of carbonyl (C=O) groups excluding carboxylic acids is 1. The molecular formula is C17H24N4O2. The van der Waals surface area contributed by atoms with Gasteiger partial charge in [-0.1, -0.05) is 6.08 Å². The van der Waals surface area contributed by atoms with Crippen LogP contribution in [-0.2, 0) is 4.79 Å². The lowest BCUT2D eigenvalue weighted by Crippen LogP contribution is -2.13. The molecule has 1 atom stereocenters. The summed E-state index contributed by atoms with van der Waals surface area (Å²) in [6.45, 7) is 5.86. The Morgan fingerprint density at radius 2 is 2.26 bits per heavy atom. The molecule has 6 heteroatoms. The average Bonchev–Trinajstić information content (AvgIpc) is 2.51. The molecule has 0 spiro atoms. The monoisotopic (exact) mass is 316 g/mol. The van der Waals surface area contributed by atoms with Crippen LogP contribution < -0.4 is 15.1 Å². The fourth-order valence-electron chi connectivity index (χ4n) is 1.91. The summed E-state index contributed by atoms with van der Waals surface area (Å²) in [5.41, 5.74) is 2.26. The Balaban J connectivity index is 2.86. The fraction of sp³-hybridized carbons (Fsp3) is 0.353. The second-order valence-electron chi connectivity index (χ2n) is 4.98. The lowest BCUT2D eigenvalue weighted by atomic mass is 10.2. The van der Waals surface area contributed by atoms with Gasteiger partial charge in [-0.3, -0.25) is 9.80 Å². The molecule has 23 heavy (non-hydrogen) atoms. The van der Waals surface area contributed by atoms with Crippen LogP contribution in [0.1, 0.15) is 19.4 Å². The first-order valence-electron chi connectivity index (χ1n) is 7.38. The minimum Gasteiger partial charge on any atom is -0.470 e. The first-order chi connectivity index (χ1) is 11.0. The van der Waals surface area contributed by atoms with E-state index in [-0.39, 0.29) is 6.10 Å². The molecule has 0 aliphatic heterocycles. The third kappa shape index (κ3) is 5.94. The van der Waals surface area contributed by atoms with Gasteiger partial charge in [-0.15, -0.1) is 0 Å². The van der Waals surface area contributed by atoms with Gasteiger partial charge in [0.25, 0.3) is 0 Å². The molecule has 0 aliphatic rings. The molecule has 0 bridgehead atoms. The summed E-state index contributed by atoms with van der Waals surface area (Å²) >= 11 is 0. The lowest BCUT2D eigenvalue weighted by Gasteiger charge is -2.17. The van der Waals surface area contributed by atoms with Crippen molar-refractivity contribution in [3.05, 3.63) is 41.8 Å². The Labute approximate surface area is 137 Å². The molecule has 1 unspecified atom stereocenters. The van der Waals surface area contributed by atoms with E-state index in [1.807, 2.05) is 39.0 Å². The van der Waals surface area contributed by atoms with Gasteiger partial charge in [0.2, 0.25) is 5.88 Å². The van der Waals surface area contributed by atoms with E-state index in [4.69, 9.17) is 4.74 Å². The van der Waals surface area contributed by atoms with Gasteiger partial charge >= 0.3 is 0 Å². The predicted molar refractivity (Wildman–Crippen MR) is 94.0 cm³/mol. The normalized spacial score (nSPS) is 13.3. The van der Waals surface area contributed by atoms with Crippen molar-refractivity contribution in [3.8, 4) is 5.88 Å². The molecule has 1 rings (SSSR count). The molecular weight excluding hydrogens is 292 g/mol. The van der Waals surface area contributed by atoms with Crippen molar-refractivity contribution in [3.63, 3.8) is 0 Å². The number of hydrogen-bond acceptors (Lipinski definition) is 6. The van der Waals surface area contributed by atoms with Gasteiger partial charge in [-0.05, 0) is 32.4 Å². The number of pyridine rings is 1. The summed E-state index contributed by atoms with van der Waals surface area (Å²) in [7, 11) is 3.52. The number of nitrogens with one attached hydrogen (secondary N) is 1. The number of hydrazone groups is 1. The highest BCUT2D eigenvalue weighted by atomic mass is 16.5. The van der Waals surface area contributed by atoms with E-state index in [0.717, 1.165) is 17.5 Å². The van der Waals surface area contributed by atoms with E-state index in [0.29, 0.717) is 11.5 Å². The second kappa shape index (κ2) is 9.40. The Kier molecular flexibility index (Phi) is 7.53. The van der Waals surface area contributed by atoms with Crippen molar-refractivity contribution in [2.75, 3.05) is 19.1 Å². The van der Waals surface area contributed by atoms with Crippen LogP contribution in [0.2, 0.25) is 0 Å². The molecule has 1 aromatic rings. The first kappa shape index (κ1) is 18.4. The second-order valence-corrected chi connectivity index (χ2v) is 4.98. The van der Waals surface area contributed by atoms with Gasteiger partial charge in [0.1, 0.15) is 6.10 Å². The molecule has 1 heterocycles. The maximum absolute atomic E-state index is 10.9. The maximum Gasteiger partial charge on any atom is 0.214 e. The van der Waals surface area contributed by atoms with Crippen LogP contribution in [0, 0.1) is 6.92 Å². The summed E-state index contributed by atoms with van der Waals surface area (Å²) < 4.78 is 5.70. The summed E-state index contributed by atoms with van der Waals surface area (Å²) in [5, 5.41) is 8.70. The predicted octanol–water partition coefficient (Wildman–Crippen LogP) is 2.46. The van der Waals surface area contributed by atoms with Crippen LogP contribution in [0.15, 0.2) is 41.3 Å². The van der Waals surface area contributed by atoms with Crippen LogP contribution in [0.3, 0.4) is 0 Å². The third-order valence-electron chi connectivity index (χ3n) is 3.00. The Morgan fingerprint density at radius 1 is 1.52 bits per heavy atom. The number of aryl methyl sites for hydroxylation is 1. The fourth-order valence-corrected chi connectivity index (χ4v) is 1.91. The number of aromatic nitrogens is 1. The molecule has 0 saturated carbocycles. The molecule has 0 amide bonds. The Hall–Kier alpha value is -2.63. The van der Waals surface area contributed by atoms with E-state index in [1.54, 1.807) is 31.5 Å². The summed E-state index contributed by atoms with van der Waals surface area (Å²) in [5.74, 6) is 0.567. The van der Waals surface area contributed by atoms with E-state index in [9.17, 15) is 4.79 Å². The largest absolute Gasteiger partial charge is 0.470 e. The van der Waals surface area contributed by atoms with Crippen LogP contribution in [0.25, 0.3) is 0 Å². The van der Waals surface area contributed by atoms with Gasteiger partial charge in [-0.25, -0.2) is 4.98 Å². The van der Waals surface area contributed by atoms with E-state index in [1.165, 1.54) is 6.21 Å². The number of rotatable bonds is 8. The van der Waals surface area contributed by atoms with Crippen molar-refractivity contribution in [2.45, 2.75) is 26.9 Å². The van der Waals surface area contributed by atoms with E-state index in [2.05, 4.69) is 15.4 Å². The molecule has 0 fully saturated rings. The minimum absolute atomic E-state index is 0.0321. The number of hydrogen-bond donors (Lipinski definition) is 1. The van der Waals surface area contributed by atoms with Crippen LogP contribution in [0.4, 0.5) is 5.69 Å². The maximum atomic E-state index is 10.9. The standard InChI is InChI=1S/C17H24N4O2/c1-6-7-14(3)23-17-8-13(2)16(11-19-17)21(5)20-10-15(12-22)9-18-4/h6-12,14,18H,1-5H3/b7-6-,15-9-,20-10-. The van der Waals surface area contributed by atoms with Crippen molar-refractivity contribution in [2.24, 2.45) is 5.10 Å². The molecule has 0 radical (unpaired) electrons. The highest BCUT2D eigenvalue weighted by Crippen LogP contribution is 2.22. The lowest BCUT2D eigenvalue weighted by molar-refractivity contribution is -0.104.